The molecular formula is C13H11F3N2O2S. The number of nitrogens with one attached hydrogen (secondary N) is 1. The number of nitrogens with zero attached hydrogens (tertiary/aromatic N) is 1. The van der Waals surface area contributed by atoms with Gasteiger partial charge in [-0.05, 0) is 36.8 Å². The molecule has 0 aliphatic rings. The minimum absolute atomic E-state index is 0.00649. The van der Waals surface area contributed by atoms with E-state index in [9.17, 15) is 18.3 Å². The van der Waals surface area contributed by atoms with E-state index in [0.717, 1.165) is 0 Å². The predicted octanol–water partition coefficient (Wildman–Crippen LogP) is 5.11. The molecule has 2 N–H and O–H groups in total. The number of ether oxygens (including phenoxy) is 1. The fourth-order valence-corrected chi connectivity index (χ4v) is 2.80. The average molecular weight is 316 g/mol. The Morgan fingerprint density at radius 3 is 2.43 bits per heavy atom. The Hall–Kier alpha value is -2.09. The molecule has 2 aromatic rings. The monoisotopic (exact) mass is 316 g/mol. The summed E-state index contributed by atoms with van der Waals surface area (Å²) >= 11 is 1.24. The summed E-state index contributed by atoms with van der Waals surface area (Å²) in [5.74, 6) is -0.329. The largest absolute Gasteiger partial charge is 0.573 e. The molecule has 1 heterocycles. The summed E-state index contributed by atoms with van der Waals surface area (Å²) in [6.07, 6.45) is -4.73. The smallest absolute Gasteiger partial charge is 0.506 e. The van der Waals surface area contributed by atoms with Crippen molar-refractivity contribution in [1.82, 2.24) is 0 Å². The van der Waals surface area contributed by atoms with Crippen molar-refractivity contribution in [1.29, 1.82) is 5.53 Å². The van der Waals surface area contributed by atoms with Gasteiger partial charge >= 0.3 is 6.36 Å². The van der Waals surface area contributed by atoms with Crippen LogP contribution in [0.5, 0.6) is 11.5 Å². The van der Waals surface area contributed by atoms with Gasteiger partial charge in [-0.15, -0.1) is 24.5 Å². The van der Waals surface area contributed by atoms with Crippen LogP contribution in [-0.4, -0.2) is 11.5 Å². The van der Waals surface area contributed by atoms with Crippen LogP contribution in [0.2, 0.25) is 0 Å². The third-order valence-electron chi connectivity index (χ3n) is 2.79. The maximum atomic E-state index is 12.1. The number of hydrogen-bond donors (Lipinski definition) is 2. The minimum Gasteiger partial charge on any atom is -0.506 e. The van der Waals surface area contributed by atoms with Crippen molar-refractivity contribution in [2.75, 3.05) is 0 Å². The predicted molar refractivity (Wildman–Crippen MR) is 71.7 cm³/mol. The van der Waals surface area contributed by atoms with E-state index in [1.165, 1.54) is 35.6 Å². The summed E-state index contributed by atoms with van der Waals surface area (Å²) in [6, 6.07) is 4.75. The molecule has 4 nitrogen and oxygen atoms in total. The van der Waals surface area contributed by atoms with E-state index in [4.69, 9.17) is 5.53 Å². The number of aromatic hydroxyl groups is 1. The molecule has 1 aromatic carbocycles. The second kappa shape index (κ2) is 5.72. The Morgan fingerprint density at radius 2 is 1.90 bits per heavy atom. The molecule has 0 aliphatic heterocycles. The molecule has 1 aromatic heterocycles. The van der Waals surface area contributed by atoms with Crippen molar-refractivity contribution in [3.8, 4) is 21.9 Å². The lowest BCUT2D eigenvalue weighted by Gasteiger charge is -2.09. The van der Waals surface area contributed by atoms with Crippen LogP contribution in [0.4, 0.5) is 13.2 Å². The second-order valence-corrected chi connectivity index (χ2v) is 5.13. The molecule has 1 unspecified atom stereocenters. The molecule has 0 amide bonds. The first-order chi connectivity index (χ1) is 9.81. The second-order valence-electron chi connectivity index (χ2n) is 4.25. The van der Waals surface area contributed by atoms with Gasteiger partial charge in [0.05, 0.1) is 10.9 Å². The van der Waals surface area contributed by atoms with Gasteiger partial charge in [-0.25, -0.2) is 5.53 Å². The van der Waals surface area contributed by atoms with Crippen molar-refractivity contribution < 1.29 is 23.0 Å². The third-order valence-corrected chi connectivity index (χ3v) is 3.82. The SMILES string of the molecule is CC(N=N)c1csc(-c2ccc(OC(F)(F)F)cc2)c1O. The third kappa shape index (κ3) is 3.52. The normalized spacial score (nSPS) is 13.0. The zero-order valence-corrected chi connectivity index (χ0v) is 11.6. The summed E-state index contributed by atoms with van der Waals surface area (Å²) < 4.78 is 40.0. The summed E-state index contributed by atoms with van der Waals surface area (Å²) in [4.78, 5) is 0.513. The standard InChI is InChI=1S/C13H11F3N2O2S/c1-7(18-17)10-6-21-12(11(10)19)8-2-4-9(5-3-8)20-13(14,15)16/h2-7,17,19H,1H3. The molecule has 0 saturated heterocycles. The topological polar surface area (TPSA) is 65.7 Å². The van der Waals surface area contributed by atoms with Crippen LogP contribution < -0.4 is 4.74 Å². The van der Waals surface area contributed by atoms with Crippen LogP contribution >= 0.6 is 11.3 Å². The van der Waals surface area contributed by atoms with E-state index < -0.39 is 12.4 Å². The molecule has 21 heavy (non-hydrogen) atoms. The number of halogens is 3. The fourth-order valence-electron chi connectivity index (χ4n) is 1.74. The number of benzene rings is 1. The number of hydrogen-bond acceptors (Lipinski definition) is 5. The first kappa shape index (κ1) is 15.3. The Kier molecular flexibility index (Phi) is 4.17. The summed E-state index contributed by atoms with van der Waals surface area (Å²) in [7, 11) is 0. The molecule has 2 rings (SSSR count). The van der Waals surface area contributed by atoms with Crippen molar-refractivity contribution >= 4 is 11.3 Å². The molecule has 0 radical (unpaired) electrons. The Labute approximate surface area is 122 Å². The minimum atomic E-state index is -4.73. The van der Waals surface area contributed by atoms with E-state index in [2.05, 4.69) is 9.85 Å². The maximum Gasteiger partial charge on any atom is 0.573 e. The molecule has 0 bridgehead atoms. The van der Waals surface area contributed by atoms with Crippen molar-refractivity contribution in [3.63, 3.8) is 0 Å². The van der Waals surface area contributed by atoms with E-state index in [1.54, 1.807) is 12.3 Å². The lowest BCUT2D eigenvalue weighted by atomic mass is 10.1. The lowest BCUT2D eigenvalue weighted by molar-refractivity contribution is -0.274. The maximum absolute atomic E-state index is 12.1. The molecular weight excluding hydrogens is 305 g/mol. The van der Waals surface area contributed by atoms with Crippen LogP contribution in [-0.2, 0) is 0 Å². The summed E-state index contributed by atoms with van der Waals surface area (Å²) in [6.45, 7) is 1.67. The summed E-state index contributed by atoms with van der Waals surface area (Å²) in [5.41, 5.74) is 8.04. The molecule has 8 heteroatoms. The Bertz CT molecular complexity index is 638. The van der Waals surface area contributed by atoms with Crippen molar-refractivity contribution in [3.05, 3.63) is 35.2 Å². The molecule has 0 aliphatic carbocycles. The zero-order valence-electron chi connectivity index (χ0n) is 10.8. The van der Waals surface area contributed by atoms with Gasteiger partial charge < -0.3 is 9.84 Å². The van der Waals surface area contributed by atoms with Crippen LogP contribution in [0.3, 0.4) is 0 Å². The Balaban J connectivity index is 2.27. The molecule has 0 saturated carbocycles. The van der Waals surface area contributed by atoms with Crippen LogP contribution in [0.1, 0.15) is 18.5 Å². The van der Waals surface area contributed by atoms with Crippen LogP contribution in [0.15, 0.2) is 34.8 Å². The van der Waals surface area contributed by atoms with E-state index in [-0.39, 0.29) is 11.5 Å². The molecule has 0 spiro atoms. The highest BCUT2D eigenvalue weighted by atomic mass is 32.1. The number of rotatable bonds is 4. The highest BCUT2D eigenvalue weighted by Crippen LogP contribution is 2.42. The van der Waals surface area contributed by atoms with Gasteiger partial charge in [0.1, 0.15) is 11.5 Å². The van der Waals surface area contributed by atoms with Gasteiger partial charge in [0.15, 0.2) is 0 Å². The molecule has 1 atom stereocenters. The number of alkyl halides is 3. The van der Waals surface area contributed by atoms with E-state index in [0.29, 0.717) is 16.0 Å². The molecule has 112 valence electrons. The quantitative estimate of drug-likeness (QED) is 0.770. The zero-order chi connectivity index (χ0) is 15.6. The number of thiophene rings is 1. The summed E-state index contributed by atoms with van der Waals surface area (Å²) in [5, 5.41) is 15.1. The van der Waals surface area contributed by atoms with E-state index >= 15 is 0 Å². The Morgan fingerprint density at radius 1 is 1.29 bits per heavy atom. The van der Waals surface area contributed by atoms with Crippen LogP contribution in [0, 0.1) is 5.53 Å². The first-order valence-electron chi connectivity index (χ1n) is 5.85. The van der Waals surface area contributed by atoms with Crippen molar-refractivity contribution in [2.24, 2.45) is 5.11 Å². The lowest BCUT2D eigenvalue weighted by Crippen LogP contribution is -2.16. The van der Waals surface area contributed by atoms with Gasteiger partial charge in [-0.3, -0.25) is 0 Å². The molecule has 0 fully saturated rings. The van der Waals surface area contributed by atoms with Gasteiger partial charge in [0.25, 0.3) is 0 Å². The van der Waals surface area contributed by atoms with Crippen LogP contribution in [0.25, 0.3) is 10.4 Å². The highest BCUT2D eigenvalue weighted by molar-refractivity contribution is 7.14. The average Bonchev–Trinajstić information content (AvgIpc) is 2.79. The van der Waals surface area contributed by atoms with Gasteiger partial charge in [-0.2, -0.15) is 5.11 Å². The fraction of sp³-hybridized carbons (Fsp3) is 0.231. The first-order valence-corrected chi connectivity index (χ1v) is 6.73. The van der Waals surface area contributed by atoms with Gasteiger partial charge in [-0.1, -0.05) is 0 Å². The van der Waals surface area contributed by atoms with E-state index in [1.807, 2.05) is 0 Å². The van der Waals surface area contributed by atoms with Crippen molar-refractivity contribution in [2.45, 2.75) is 19.3 Å². The highest BCUT2D eigenvalue weighted by Gasteiger charge is 2.31. The van der Waals surface area contributed by atoms with Gasteiger partial charge in [0.2, 0.25) is 0 Å². The van der Waals surface area contributed by atoms with Gasteiger partial charge in [0, 0.05) is 10.9 Å².